The molecule has 0 saturated heterocycles. The number of methoxy groups -OCH3 is 1. The second-order valence-corrected chi connectivity index (χ2v) is 8.44. The Hall–Kier alpha value is -2.56. The van der Waals surface area contributed by atoms with Gasteiger partial charge in [-0.1, -0.05) is 23.3 Å². The van der Waals surface area contributed by atoms with Crippen LogP contribution in [0.5, 0.6) is 5.75 Å². The molecular weight excluding hydrogens is 380 g/mol. The lowest BCUT2D eigenvalue weighted by Crippen LogP contribution is -2.51. The molecule has 30 heavy (non-hydrogen) atoms. The molecule has 0 aromatic heterocycles. The maximum atomic E-state index is 11.8. The molecule has 1 heterocycles. The zero-order chi connectivity index (χ0) is 22.3. The van der Waals surface area contributed by atoms with Gasteiger partial charge in [0.25, 0.3) is 0 Å². The number of hydrogen-bond donors (Lipinski definition) is 0. The minimum atomic E-state index is -0.637. The lowest BCUT2D eigenvalue weighted by molar-refractivity contribution is -0.160. The first-order valence-electron chi connectivity index (χ1n) is 10.5. The highest BCUT2D eigenvalue weighted by molar-refractivity contribution is 5.89. The standard InChI is InChI=1S/C25H34O5/c1-17(2)9-7-10-18(3)11-8-14-25(5)23(29-19(4)26)16-21-15-20(24(27)28-6)12-13-22(21)30-25/h9,11-13,15,23H,7-8,10,14,16H2,1-6H3/b18-11+/t23-,25-/m1/s1. The van der Waals surface area contributed by atoms with Crippen LogP contribution in [0.25, 0.3) is 0 Å². The Labute approximate surface area is 180 Å². The van der Waals surface area contributed by atoms with E-state index in [4.69, 9.17) is 14.2 Å². The van der Waals surface area contributed by atoms with Crippen LogP contribution < -0.4 is 4.74 Å². The minimum Gasteiger partial charge on any atom is -0.483 e. The Morgan fingerprint density at radius 3 is 2.53 bits per heavy atom. The molecule has 5 nitrogen and oxygen atoms in total. The highest BCUT2D eigenvalue weighted by atomic mass is 16.6. The van der Waals surface area contributed by atoms with Gasteiger partial charge in [-0.3, -0.25) is 4.79 Å². The summed E-state index contributed by atoms with van der Waals surface area (Å²) in [7, 11) is 1.35. The van der Waals surface area contributed by atoms with Crippen LogP contribution in [0, 0.1) is 0 Å². The maximum Gasteiger partial charge on any atom is 0.337 e. The minimum absolute atomic E-state index is 0.337. The van der Waals surface area contributed by atoms with Gasteiger partial charge in [-0.25, -0.2) is 4.79 Å². The van der Waals surface area contributed by atoms with Gasteiger partial charge in [0.05, 0.1) is 12.7 Å². The molecule has 0 radical (unpaired) electrons. The predicted molar refractivity (Wildman–Crippen MR) is 118 cm³/mol. The molecule has 0 saturated carbocycles. The lowest BCUT2D eigenvalue weighted by Gasteiger charge is -2.41. The number of rotatable bonds is 8. The van der Waals surface area contributed by atoms with Gasteiger partial charge in [0.2, 0.25) is 0 Å². The molecule has 0 fully saturated rings. The third-order valence-electron chi connectivity index (χ3n) is 5.44. The van der Waals surface area contributed by atoms with E-state index in [2.05, 4.69) is 32.9 Å². The highest BCUT2D eigenvalue weighted by Gasteiger charge is 2.42. The van der Waals surface area contributed by atoms with E-state index in [-0.39, 0.29) is 5.97 Å². The van der Waals surface area contributed by atoms with Crippen molar-refractivity contribution in [2.45, 2.75) is 78.4 Å². The van der Waals surface area contributed by atoms with Crippen molar-refractivity contribution in [1.82, 2.24) is 0 Å². The third kappa shape index (κ3) is 6.48. The van der Waals surface area contributed by atoms with Crippen LogP contribution in [0.2, 0.25) is 0 Å². The fourth-order valence-electron chi connectivity index (χ4n) is 3.69. The molecule has 2 atom stereocenters. The van der Waals surface area contributed by atoms with Crippen LogP contribution >= 0.6 is 0 Å². The van der Waals surface area contributed by atoms with Gasteiger partial charge in [0, 0.05) is 13.3 Å². The average molecular weight is 415 g/mol. The Morgan fingerprint density at radius 1 is 1.17 bits per heavy atom. The maximum absolute atomic E-state index is 11.8. The van der Waals surface area contributed by atoms with Gasteiger partial charge in [0.15, 0.2) is 0 Å². The molecule has 0 N–H and O–H groups in total. The van der Waals surface area contributed by atoms with Crippen molar-refractivity contribution in [1.29, 1.82) is 0 Å². The molecule has 164 valence electrons. The second-order valence-electron chi connectivity index (χ2n) is 8.44. The Kier molecular flexibility index (Phi) is 8.27. The lowest BCUT2D eigenvalue weighted by atomic mass is 9.85. The number of ether oxygens (including phenoxy) is 3. The number of benzene rings is 1. The Balaban J connectivity index is 2.15. The number of fused-ring (bicyclic) bond motifs is 1. The van der Waals surface area contributed by atoms with Gasteiger partial charge in [0.1, 0.15) is 17.5 Å². The molecule has 1 aromatic carbocycles. The summed E-state index contributed by atoms with van der Waals surface area (Å²) in [6.45, 7) is 9.77. The first-order valence-corrected chi connectivity index (χ1v) is 10.5. The molecule has 2 rings (SSSR count). The number of hydrogen-bond acceptors (Lipinski definition) is 5. The summed E-state index contributed by atoms with van der Waals surface area (Å²) >= 11 is 0. The quantitative estimate of drug-likeness (QED) is 0.411. The van der Waals surface area contributed by atoms with E-state index < -0.39 is 17.7 Å². The monoisotopic (exact) mass is 414 g/mol. The van der Waals surface area contributed by atoms with E-state index in [9.17, 15) is 9.59 Å². The summed E-state index contributed by atoms with van der Waals surface area (Å²) in [4.78, 5) is 23.6. The number of esters is 2. The van der Waals surface area contributed by atoms with Crippen molar-refractivity contribution >= 4 is 11.9 Å². The summed E-state index contributed by atoms with van der Waals surface area (Å²) in [5.74, 6) is -0.0162. The fourth-order valence-corrected chi connectivity index (χ4v) is 3.69. The summed E-state index contributed by atoms with van der Waals surface area (Å²) in [6, 6.07) is 5.25. The van der Waals surface area contributed by atoms with Crippen LogP contribution in [0.1, 0.15) is 76.2 Å². The second kappa shape index (κ2) is 10.5. The zero-order valence-electron chi connectivity index (χ0n) is 19.0. The normalized spacial score (nSPS) is 20.6. The van der Waals surface area contributed by atoms with Crippen LogP contribution in [0.4, 0.5) is 0 Å². The SMILES string of the molecule is COC(=O)c1ccc2c(c1)C[C@@H](OC(C)=O)[C@@](C)(CC/C=C(\C)CCC=C(C)C)O2. The predicted octanol–water partition coefficient (Wildman–Crippen LogP) is 5.57. The molecule has 0 spiro atoms. The van der Waals surface area contributed by atoms with E-state index in [1.165, 1.54) is 25.2 Å². The summed E-state index contributed by atoms with van der Waals surface area (Å²) in [5, 5.41) is 0. The highest BCUT2D eigenvalue weighted by Crippen LogP contribution is 2.38. The molecule has 0 amide bonds. The molecule has 1 aliphatic heterocycles. The number of carbonyl (C=O) groups is 2. The van der Waals surface area contributed by atoms with Gasteiger partial charge >= 0.3 is 11.9 Å². The topological polar surface area (TPSA) is 61.8 Å². The third-order valence-corrected chi connectivity index (χ3v) is 5.44. The van der Waals surface area contributed by atoms with Crippen molar-refractivity contribution < 1.29 is 23.8 Å². The van der Waals surface area contributed by atoms with Gasteiger partial charge in [-0.2, -0.15) is 0 Å². The van der Waals surface area contributed by atoms with E-state index in [1.807, 2.05) is 6.92 Å². The van der Waals surface area contributed by atoms with Crippen molar-refractivity contribution in [2.24, 2.45) is 0 Å². The van der Waals surface area contributed by atoms with Gasteiger partial charge in [-0.15, -0.1) is 0 Å². The smallest absolute Gasteiger partial charge is 0.337 e. The van der Waals surface area contributed by atoms with E-state index >= 15 is 0 Å². The molecule has 1 aromatic rings. The number of allylic oxidation sites excluding steroid dienone is 4. The molecule has 1 aliphatic rings. The summed E-state index contributed by atoms with van der Waals surface area (Å²) in [6.07, 6.45) is 8.22. The van der Waals surface area contributed by atoms with Crippen molar-refractivity contribution in [2.75, 3.05) is 7.11 Å². The van der Waals surface area contributed by atoms with Gasteiger partial charge in [-0.05, 0) is 77.1 Å². The molecular formula is C25H34O5. The van der Waals surface area contributed by atoms with Crippen LogP contribution in [-0.4, -0.2) is 30.8 Å². The van der Waals surface area contributed by atoms with Crippen molar-refractivity contribution in [3.63, 3.8) is 0 Å². The zero-order valence-corrected chi connectivity index (χ0v) is 19.0. The molecule has 0 bridgehead atoms. The average Bonchev–Trinajstić information content (AvgIpc) is 2.67. The summed E-state index contributed by atoms with van der Waals surface area (Å²) < 4.78 is 16.8. The Bertz CT molecular complexity index is 832. The van der Waals surface area contributed by atoms with E-state index in [1.54, 1.807) is 18.2 Å². The van der Waals surface area contributed by atoms with E-state index in [0.29, 0.717) is 12.0 Å². The number of carbonyl (C=O) groups excluding carboxylic acids is 2. The van der Waals surface area contributed by atoms with Crippen LogP contribution in [0.3, 0.4) is 0 Å². The molecule has 5 heteroatoms. The molecule has 0 aliphatic carbocycles. The fraction of sp³-hybridized carbons (Fsp3) is 0.520. The van der Waals surface area contributed by atoms with Crippen molar-refractivity contribution in [3.05, 3.63) is 52.6 Å². The first kappa shape index (κ1) is 23.7. The first-order chi connectivity index (χ1) is 14.1. The van der Waals surface area contributed by atoms with Crippen LogP contribution in [0.15, 0.2) is 41.5 Å². The van der Waals surface area contributed by atoms with Crippen molar-refractivity contribution in [3.8, 4) is 5.75 Å². The van der Waals surface area contributed by atoms with Crippen LogP contribution in [-0.2, 0) is 20.7 Å². The Morgan fingerprint density at radius 2 is 1.90 bits per heavy atom. The summed E-state index contributed by atoms with van der Waals surface area (Å²) in [5.41, 5.74) is 3.35. The molecule has 0 unspecified atom stereocenters. The van der Waals surface area contributed by atoms with Gasteiger partial charge < -0.3 is 14.2 Å². The van der Waals surface area contributed by atoms with E-state index in [0.717, 1.165) is 37.0 Å². The largest absolute Gasteiger partial charge is 0.483 e.